The topological polar surface area (TPSA) is 43.4 Å². The quantitative estimate of drug-likeness (QED) is 0.625. The van der Waals surface area contributed by atoms with Gasteiger partial charge >= 0.3 is 5.97 Å². The van der Waals surface area contributed by atoms with Crippen molar-refractivity contribution in [2.75, 3.05) is 7.11 Å². The average molecular weight is 256 g/mol. The number of ketones is 1. The van der Waals surface area contributed by atoms with Gasteiger partial charge in [-0.1, -0.05) is 34.6 Å². The Morgan fingerprint density at radius 1 is 0.944 bits per heavy atom. The molecule has 0 spiro atoms. The van der Waals surface area contributed by atoms with Crippen LogP contribution in [0.2, 0.25) is 0 Å². The van der Waals surface area contributed by atoms with Crippen LogP contribution in [0.25, 0.3) is 0 Å². The molecule has 0 aliphatic rings. The van der Waals surface area contributed by atoms with Gasteiger partial charge in [0.1, 0.15) is 5.78 Å². The van der Waals surface area contributed by atoms with Crippen LogP contribution in [0.5, 0.6) is 0 Å². The summed E-state index contributed by atoms with van der Waals surface area (Å²) < 4.78 is 4.88. The molecule has 0 heterocycles. The monoisotopic (exact) mass is 256 g/mol. The number of carbonyl (C=O) groups excluding carboxylic acids is 2. The molecular formula is C15H28O3. The van der Waals surface area contributed by atoms with Crippen molar-refractivity contribution < 1.29 is 14.3 Å². The van der Waals surface area contributed by atoms with Crippen molar-refractivity contribution in [2.24, 2.45) is 23.7 Å². The normalized spacial score (nSPS) is 14.7. The minimum Gasteiger partial charge on any atom is -0.469 e. The molecule has 0 aliphatic carbocycles. The molecular weight excluding hydrogens is 228 g/mol. The summed E-state index contributed by atoms with van der Waals surface area (Å²) in [6, 6.07) is 0. The third-order valence-corrected chi connectivity index (χ3v) is 3.20. The lowest BCUT2D eigenvalue weighted by molar-refractivity contribution is -0.151. The fourth-order valence-corrected chi connectivity index (χ4v) is 2.37. The molecule has 0 amide bonds. The molecule has 106 valence electrons. The van der Waals surface area contributed by atoms with Crippen molar-refractivity contribution in [3.05, 3.63) is 0 Å². The molecule has 0 aromatic carbocycles. The Morgan fingerprint density at radius 2 is 1.39 bits per heavy atom. The number of ether oxygens (including phenoxy) is 1. The highest BCUT2D eigenvalue weighted by molar-refractivity contribution is 5.86. The fourth-order valence-electron chi connectivity index (χ4n) is 2.37. The summed E-state index contributed by atoms with van der Waals surface area (Å²) in [6.45, 7) is 10.2. The molecule has 3 heteroatoms. The van der Waals surface area contributed by atoms with E-state index in [1.165, 1.54) is 7.11 Å². The molecule has 0 N–H and O–H groups in total. The molecule has 0 saturated heterocycles. The second-order valence-electron chi connectivity index (χ2n) is 5.82. The molecule has 0 radical (unpaired) electrons. The average Bonchev–Trinajstić information content (AvgIpc) is 2.30. The summed E-state index contributed by atoms with van der Waals surface area (Å²) >= 11 is 0. The van der Waals surface area contributed by atoms with Crippen LogP contribution >= 0.6 is 0 Å². The summed E-state index contributed by atoms with van der Waals surface area (Å²) in [5.41, 5.74) is 0. The van der Waals surface area contributed by atoms with Crippen molar-refractivity contribution in [3.8, 4) is 0 Å². The third-order valence-electron chi connectivity index (χ3n) is 3.20. The van der Waals surface area contributed by atoms with Crippen molar-refractivity contribution in [1.82, 2.24) is 0 Å². The van der Waals surface area contributed by atoms with Gasteiger partial charge in [-0.15, -0.1) is 0 Å². The van der Waals surface area contributed by atoms with E-state index < -0.39 is 0 Å². The van der Waals surface area contributed by atoms with Gasteiger partial charge in [-0.2, -0.15) is 0 Å². The largest absolute Gasteiger partial charge is 0.469 e. The molecule has 0 aromatic heterocycles. The predicted octanol–water partition coefficient (Wildman–Crippen LogP) is 3.46. The lowest BCUT2D eigenvalue weighted by Crippen LogP contribution is -2.32. The second-order valence-corrected chi connectivity index (χ2v) is 5.82. The maximum absolute atomic E-state index is 12.1. The fraction of sp³-hybridized carbons (Fsp3) is 0.867. The molecule has 2 atom stereocenters. The van der Waals surface area contributed by atoms with Crippen molar-refractivity contribution in [1.29, 1.82) is 0 Å². The van der Waals surface area contributed by atoms with Gasteiger partial charge in [0.05, 0.1) is 13.0 Å². The zero-order chi connectivity index (χ0) is 14.3. The molecule has 0 aliphatic heterocycles. The Bertz CT molecular complexity index is 241. The van der Waals surface area contributed by atoms with E-state index in [-0.39, 0.29) is 23.6 Å². The molecule has 0 saturated carbocycles. The van der Waals surface area contributed by atoms with Gasteiger partial charge in [-0.25, -0.2) is 0 Å². The highest BCUT2D eigenvalue weighted by atomic mass is 16.5. The number of esters is 1. The predicted molar refractivity (Wildman–Crippen MR) is 73.2 cm³/mol. The van der Waals surface area contributed by atoms with E-state index in [0.29, 0.717) is 18.3 Å². The minimum atomic E-state index is -0.287. The van der Waals surface area contributed by atoms with Gasteiger partial charge in [0, 0.05) is 12.3 Å². The number of hydrogen-bond acceptors (Lipinski definition) is 3. The molecule has 0 rings (SSSR count). The van der Waals surface area contributed by atoms with Crippen molar-refractivity contribution in [2.45, 2.75) is 53.9 Å². The standard InChI is InChI=1S/C15H28O3/c1-7-14(16)12(8-10(2)3)13(9-11(4)5)15(17)18-6/h10-13H,7-9H2,1-6H3. The van der Waals surface area contributed by atoms with E-state index >= 15 is 0 Å². The Labute approximate surface area is 111 Å². The molecule has 0 fully saturated rings. The van der Waals surface area contributed by atoms with Crippen LogP contribution in [-0.2, 0) is 14.3 Å². The van der Waals surface area contributed by atoms with Crippen LogP contribution in [0, 0.1) is 23.7 Å². The Morgan fingerprint density at radius 3 is 1.72 bits per heavy atom. The molecule has 18 heavy (non-hydrogen) atoms. The summed E-state index contributed by atoms with van der Waals surface area (Å²) in [5.74, 6) is 0.254. The van der Waals surface area contributed by atoms with Crippen LogP contribution in [0.15, 0.2) is 0 Å². The lowest BCUT2D eigenvalue weighted by atomic mass is 9.78. The lowest BCUT2D eigenvalue weighted by Gasteiger charge is -2.26. The Hall–Kier alpha value is -0.860. The highest BCUT2D eigenvalue weighted by Gasteiger charge is 2.34. The van der Waals surface area contributed by atoms with E-state index in [1.807, 2.05) is 6.92 Å². The van der Waals surface area contributed by atoms with E-state index in [9.17, 15) is 9.59 Å². The Balaban J connectivity index is 5.05. The minimum absolute atomic E-state index is 0.180. The molecule has 0 aromatic rings. The van der Waals surface area contributed by atoms with Crippen LogP contribution in [0.1, 0.15) is 53.9 Å². The first kappa shape index (κ1) is 17.1. The number of rotatable bonds is 8. The smallest absolute Gasteiger partial charge is 0.309 e. The van der Waals surface area contributed by atoms with E-state index in [4.69, 9.17) is 4.74 Å². The highest BCUT2D eigenvalue weighted by Crippen LogP contribution is 2.29. The number of carbonyl (C=O) groups is 2. The van der Waals surface area contributed by atoms with Gasteiger partial charge in [0.25, 0.3) is 0 Å². The number of hydrogen-bond donors (Lipinski definition) is 0. The second kappa shape index (κ2) is 8.28. The molecule has 2 unspecified atom stereocenters. The first-order chi connectivity index (χ1) is 8.33. The van der Waals surface area contributed by atoms with E-state index in [0.717, 1.165) is 12.8 Å². The summed E-state index contributed by atoms with van der Waals surface area (Å²) in [5, 5.41) is 0. The first-order valence-electron chi connectivity index (χ1n) is 6.93. The maximum Gasteiger partial charge on any atom is 0.309 e. The van der Waals surface area contributed by atoms with Crippen molar-refractivity contribution in [3.63, 3.8) is 0 Å². The number of methoxy groups -OCH3 is 1. The van der Waals surface area contributed by atoms with Gasteiger partial charge in [0.2, 0.25) is 0 Å². The van der Waals surface area contributed by atoms with Gasteiger partial charge in [0.15, 0.2) is 0 Å². The third kappa shape index (κ3) is 5.65. The Kier molecular flexibility index (Phi) is 7.88. The summed E-state index contributed by atoms with van der Waals surface area (Å²) in [4.78, 5) is 24.0. The molecule has 0 bridgehead atoms. The molecule has 3 nitrogen and oxygen atoms in total. The van der Waals surface area contributed by atoms with Gasteiger partial charge < -0.3 is 4.74 Å². The number of Topliss-reactive ketones (excluding diaryl/α,β-unsaturated/α-hetero) is 1. The summed E-state index contributed by atoms with van der Waals surface area (Å²) in [7, 11) is 1.40. The van der Waals surface area contributed by atoms with Crippen LogP contribution < -0.4 is 0 Å². The first-order valence-corrected chi connectivity index (χ1v) is 6.93. The van der Waals surface area contributed by atoms with E-state index in [2.05, 4.69) is 27.7 Å². The van der Waals surface area contributed by atoms with Crippen LogP contribution in [0.3, 0.4) is 0 Å². The zero-order valence-corrected chi connectivity index (χ0v) is 12.7. The van der Waals surface area contributed by atoms with E-state index in [1.54, 1.807) is 0 Å². The van der Waals surface area contributed by atoms with Gasteiger partial charge in [-0.3, -0.25) is 9.59 Å². The van der Waals surface area contributed by atoms with Crippen LogP contribution in [-0.4, -0.2) is 18.9 Å². The zero-order valence-electron chi connectivity index (χ0n) is 12.7. The van der Waals surface area contributed by atoms with Gasteiger partial charge in [-0.05, 0) is 24.7 Å². The summed E-state index contributed by atoms with van der Waals surface area (Å²) in [6.07, 6.45) is 1.97. The van der Waals surface area contributed by atoms with Crippen LogP contribution in [0.4, 0.5) is 0 Å². The van der Waals surface area contributed by atoms with Crippen molar-refractivity contribution >= 4 is 11.8 Å². The SMILES string of the molecule is CCC(=O)C(CC(C)C)C(CC(C)C)C(=O)OC. The maximum atomic E-state index is 12.1.